The number of ether oxygens (including phenoxy) is 3. The number of rotatable bonds is 5. The molecule has 0 radical (unpaired) electrons. The van der Waals surface area contributed by atoms with Gasteiger partial charge in [0.2, 0.25) is 12.7 Å². The van der Waals surface area contributed by atoms with E-state index in [9.17, 15) is 9.18 Å². The fourth-order valence-electron chi connectivity index (χ4n) is 3.62. The van der Waals surface area contributed by atoms with E-state index in [0.29, 0.717) is 19.8 Å². The van der Waals surface area contributed by atoms with E-state index in [2.05, 4.69) is 5.32 Å². The van der Waals surface area contributed by atoms with Gasteiger partial charge in [0, 0.05) is 31.2 Å². The van der Waals surface area contributed by atoms with E-state index in [1.807, 2.05) is 18.2 Å². The van der Waals surface area contributed by atoms with Crippen molar-refractivity contribution in [1.82, 2.24) is 5.32 Å². The van der Waals surface area contributed by atoms with E-state index in [0.717, 1.165) is 35.5 Å². The molecule has 1 amide bonds. The van der Waals surface area contributed by atoms with Crippen LogP contribution in [0.1, 0.15) is 24.0 Å². The third-order valence-electron chi connectivity index (χ3n) is 5.33. The molecule has 1 N–H and O–H groups in total. The SMILES string of the molecule is O=C(/C=C/c1ccc(F)cc1)NCC1(c2ccc3c(c2)OCO3)CCOCC1. The number of amides is 1. The van der Waals surface area contributed by atoms with E-state index in [1.54, 1.807) is 18.2 Å². The summed E-state index contributed by atoms with van der Waals surface area (Å²) in [5.74, 6) is 1.01. The molecule has 2 aliphatic heterocycles. The Morgan fingerprint density at radius 3 is 2.61 bits per heavy atom. The average Bonchev–Trinajstić information content (AvgIpc) is 3.20. The molecule has 2 aromatic carbocycles. The highest BCUT2D eigenvalue weighted by Crippen LogP contribution is 2.40. The van der Waals surface area contributed by atoms with Gasteiger partial charge in [-0.15, -0.1) is 0 Å². The lowest BCUT2D eigenvalue weighted by Crippen LogP contribution is -2.44. The lowest BCUT2D eigenvalue weighted by molar-refractivity contribution is -0.116. The monoisotopic (exact) mass is 383 g/mol. The van der Waals surface area contributed by atoms with Crippen LogP contribution in [0, 0.1) is 5.82 Å². The maximum Gasteiger partial charge on any atom is 0.244 e. The maximum atomic E-state index is 13.0. The molecule has 0 atom stereocenters. The second kappa shape index (κ2) is 8.02. The number of nitrogens with one attached hydrogen (secondary N) is 1. The Balaban J connectivity index is 1.46. The average molecular weight is 383 g/mol. The second-order valence-corrected chi connectivity index (χ2v) is 7.06. The van der Waals surface area contributed by atoms with Gasteiger partial charge in [-0.2, -0.15) is 0 Å². The van der Waals surface area contributed by atoms with Crippen LogP contribution < -0.4 is 14.8 Å². The number of carbonyl (C=O) groups is 1. The Morgan fingerprint density at radius 2 is 1.82 bits per heavy atom. The molecular weight excluding hydrogens is 361 g/mol. The normalized spacial score (nSPS) is 17.6. The van der Waals surface area contributed by atoms with Crippen molar-refractivity contribution in [3.63, 3.8) is 0 Å². The third-order valence-corrected chi connectivity index (χ3v) is 5.33. The van der Waals surface area contributed by atoms with Crippen LogP contribution in [0.4, 0.5) is 4.39 Å². The van der Waals surface area contributed by atoms with Gasteiger partial charge in [0.1, 0.15) is 5.82 Å². The second-order valence-electron chi connectivity index (χ2n) is 7.06. The summed E-state index contributed by atoms with van der Waals surface area (Å²) in [7, 11) is 0. The zero-order valence-corrected chi connectivity index (χ0v) is 15.4. The van der Waals surface area contributed by atoms with Crippen LogP contribution in [0.2, 0.25) is 0 Å². The first-order chi connectivity index (χ1) is 13.6. The summed E-state index contributed by atoms with van der Waals surface area (Å²) in [6.45, 7) is 2.04. The molecule has 2 aromatic rings. The fourth-order valence-corrected chi connectivity index (χ4v) is 3.62. The van der Waals surface area contributed by atoms with Crippen LogP contribution in [0.25, 0.3) is 6.08 Å². The van der Waals surface area contributed by atoms with Crippen molar-refractivity contribution in [2.24, 2.45) is 0 Å². The topological polar surface area (TPSA) is 56.8 Å². The Morgan fingerprint density at radius 1 is 1.07 bits per heavy atom. The number of carbonyl (C=O) groups excluding carboxylic acids is 1. The number of hydrogen-bond donors (Lipinski definition) is 1. The lowest BCUT2D eigenvalue weighted by atomic mass is 9.74. The van der Waals surface area contributed by atoms with E-state index < -0.39 is 0 Å². The predicted octanol–water partition coefficient (Wildman–Crippen LogP) is 3.43. The van der Waals surface area contributed by atoms with Crippen LogP contribution in [0.3, 0.4) is 0 Å². The molecule has 0 spiro atoms. The molecule has 0 aliphatic carbocycles. The van der Waals surface area contributed by atoms with Gasteiger partial charge in [0.15, 0.2) is 11.5 Å². The first kappa shape index (κ1) is 18.5. The summed E-state index contributed by atoms with van der Waals surface area (Å²) in [6, 6.07) is 12.0. The van der Waals surface area contributed by atoms with Crippen LogP contribution >= 0.6 is 0 Å². The van der Waals surface area contributed by atoms with Crippen LogP contribution in [-0.4, -0.2) is 32.5 Å². The van der Waals surface area contributed by atoms with Crippen molar-refractivity contribution in [3.05, 3.63) is 65.5 Å². The van der Waals surface area contributed by atoms with Crippen LogP contribution in [-0.2, 0) is 14.9 Å². The Labute approximate surface area is 163 Å². The highest BCUT2D eigenvalue weighted by atomic mass is 19.1. The summed E-state index contributed by atoms with van der Waals surface area (Å²) in [5, 5.41) is 3.01. The number of hydrogen-bond acceptors (Lipinski definition) is 4. The standard InChI is InChI=1S/C22H22FNO4/c23-18-5-1-16(2-6-18)3-8-21(25)24-14-22(9-11-26-12-10-22)17-4-7-19-20(13-17)28-15-27-19/h1-8,13H,9-12,14-15H2,(H,24,25)/b8-3+. The molecule has 0 bridgehead atoms. The van der Waals surface area contributed by atoms with Gasteiger partial charge in [0.05, 0.1) is 0 Å². The fraction of sp³-hybridized carbons (Fsp3) is 0.318. The smallest absolute Gasteiger partial charge is 0.244 e. The molecule has 2 heterocycles. The van der Waals surface area contributed by atoms with Crippen molar-refractivity contribution in [2.45, 2.75) is 18.3 Å². The maximum absolute atomic E-state index is 13.0. The van der Waals surface area contributed by atoms with Crippen LogP contribution in [0.5, 0.6) is 11.5 Å². The van der Waals surface area contributed by atoms with Gasteiger partial charge in [-0.3, -0.25) is 4.79 Å². The van der Waals surface area contributed by atoms with Gasteiger partial charge in [-0.05, 0) is 54.3 Å². The van der Waals surface area contributed by atoms with E-state index >= 15 is 0 Å². The number of fused-ring (bicyclic) bond motifs is 1. The molecule has 5 nitrogen and oxygen atoms in total. The highest BCUT2D eigenvalue weighted by molar-refractivity contribution is 5.91. The molecule has 1 fully saturated rings. The van der Waals surface area contributed by atoms with E-state index in [1.165, 1.54) is 18.2 Å². The Bertz CT molecular complexity index is 873. The largest absolute Gasteiger partial charge is 0.454 e. The third kappa shape index (κ3) is 4.02. The van der Waals surface area contributed by atoms with Gasteiger partial charge < -0.3 is 19.5 Å². The predicted molar refractivity (Wildman–Crippen MR) is 103 cm³/mol. The van der Waals surface area contributed by atoms with Crippen molar-refractivity contribution >= 4 is 12.0 Å². The molecule has 2 aliphatic rings. The Hall–Kier alpha value is -2.86. The number of halogens is 1. The first-order valence-corrected chi connectivity index (χ1v) is 9.34. The van der Waals surface area contributed by atoms with E-state index in [4.69, 9.17) is 14.2 Å². The summed E-state index contributed by atoms with van der Waals surface area (Å²) < 4.78 is 29.4. The van der Waals surface area contributed by atoms with Crippen molar-refractivity contribution in [1.29, 1.82) is 0 Å². The zero-order chi connectivity index (χ0) is 19.4. The van der Waals surface area contributed by atoms with Crippen molar-refractivity contribution in [3.8, 4) is 11.5 Å². The molecule has 6 heteroatoms. The molecule has 4 rings (SSSR count). The molecule has 1 saturated heterocycles. The molecule has 0 saturated carbocycles. The van der Waals surface area contributed by atoms with Gasteiger partial charge in [0.25, 0.3) is 0 Å². The summed E-state index contributed by atoms with van der Waals surface area (Å²) in [6.07, 6.45) is 4.77. The highest BCUT2D eigenvalue weighted by Gasteiger charge is 2.35. The van der Waals surface area contributed by atoms with Gasteiger partial charge in [-0.1, -0.05) is 18.2 Å². The van der Waals surface area contributed by atoms with E-state index in [-0.39, 0.29) is 23.9 Å². The van der Waals surface area contributed by atoms with Gasteiger partial charge >= 0.3 is 0 Å². The molecule has 0 unspecified atom stereocenters. The van der Waals surface area contributed by atoms with Gasteiger partial charge in [-0.25, -0.2) is 4.39 Å². The molecule has 28 heavy (non-hydrogen) atoms. The Kier molecular flexibility index (Phi) is 5.30. The minimum Gasteiger partial charge on any atom is -0.454 e. The quantitative estimate of drug-likeness (QED) is 0.804. The minimum absolute atomic E-state index is 0.184. The molecule has 146 valence electrons. The van der Waals surface area contributed by atoms with Crippen molar-refractivity contribution < 1.29 is 23.4 Å². The summed E-state index contributed by atoms with van der Waals surface area (Å²) in [5.41, 5.74) is 1.68. The summed E-state index contributed by atoms with van der Waals surface area (Å²) >= 11 is 0. The van der Waals surface area contributed by atoms with Crippen LogP contribution in [0.15, 0.2) is 48.5 Å². The zero-order valence-electron chi connectivity index (χ0n) is 15.4. The first-order valence-electron chi connectivity index (χ1n) is 9.34. The lowest BCUT2D eigenvalue weighted by Gasteiger charge is -2.38. The minimum atomic E-state index is -0.299. The van der Waals surface area contributed by atoms with Crippen molar-refractivity contribution in [2.75, 3.05) is 26.6 Å². The molecule has 0 aromatic heterocycles. The molecular formula is C22H22FNO4. The number of benzene rings is 2. The summed E-state index contributed by atoms with van der Waals surface area (Å²) in [4.78, 5) is 12.3.